The van der Waals surface area contributed by atoms with E-state index in [9.17, 15) is 0 Å². The van der Waals surface area contributed by atoms with Crippen molar-refractivity contribution in [1.82, 2.24) is 5.32 Å². The van der Waals surface area contributed by atoms with E-state index in [0.29, 0.717) is 12.0 Å². The molecule has 1 aliphatic heterocycles. The molecule has 3 nitrogen and oxygen atoms in total. The minimum Gasteiger partial charge on any atom is -0.375 e. The first-order valence-corrected chi connectivity index (χ1v) is 7.32. The topological polar surface area (TPSA) is 24.5 Å². The third-order valence-corrected chi connectivity index (χ3v) is 3.44. The number of nitrogens with zero attached hydrogens (tertiary/aromatic N) is 1. The van der Waals surface area contributed by atoms with Crippen molar-refractivity contribution in [2.75, 3.05) is 31.1 Å². The summed E-state index contributed by atoms with van der Waals surface area (Å²) in [7, 11) is 0. The van der Waals surface area contributed by atoms with Gasteiger partial charge in [-0.3, -0.25) is 0 Å². The van der Waals surface area contributed by atoms with E-state index in [4.69, 9.17) is 4.74 Å². The molecule has 2 rings (SSSR count). The van der Waals surface area contributed by atoms with Crippen LogP contribution in [0, 0.1) is 5.92 Å². The van der Waals surface area contributed by atoms with E-state index >= 15 is 0 Å². The van der Waals surface area contributed by atoms with Crippen molar-refractivity contribution in [2.24, 2.45) is 5.92 Å². The van der Waals surface area contributed by atoms with Crippen LogP contribution in [0.25, 0.3) is 0 Å². The van der Waals surface area contributed by atoms with E-state index in [1.165, 1.54) is 11.3 Å². The lowest BCUT2D eigenvalue weighted by atomic mass is 10.1. The van der Waals surface area contributed by atoms with Gasteiger partial charge in [0.05, 0.1) is 12.7 Å². The second-order valence-corrected chi connectivity index (χ2v) is 5.78. The third-order valence-electron chi connectivity index (χ3n) is 3.44. The molecule has 0 radical (unpaired) electrons. The maximum atomic E-state index is 5.62. The maximum absolute atomic E-state index is 5.62. The monoisotopic (exact) mass is 262 g/mol. The highest BCUT2D eigenvalue weighted by atomic mass is 16.5. The summed E-state index contributed by atoms with van der Waals surface area (Å²) < 4.78 is 5.62. The molecule has 0 amide bonds. The van der Waals surface area contributed by atoms with Gasteiger partial charge in [-0.2, -0.15) is 0 Å². The molecular weight excluding hydrogens is 236 g/mol. The predicted molar refractivity (Wildman–Crippen MR) is 80.6 cm³/mol. The summed E-state index contributed by atoms with van der Waals surface area (Å²) in [4.78, 5) is 2.44. The van der Waals surface area contributed by atoms with Crippen molar-refractivity contribution in [2.45, 2.75) is 33.4 Å². The molecule has 0 aliphatic carbocycles. The second-order valence-electron chi connectivity index (χ2n) is 5.78. The zero-order valence-electron chi connectivity index (χ0n) is 12.4. The summed E-state index contributed by atoms with van der Waals surface area (Å²) >= 11 is 0. The van der Waals surface area contributed by atoms with Gasteiger partial charge in [0, 0.05) is 25.3 Å². The van der Waals surface area contributed by atoms with Gasteiger partial charge in [0.25, 0.3) is 0 Å². The summed E-state index contributed by atoms with van der Waals surface area (Å²) in [5, 5.41) is 3.53. The number of morpholine rings is 1. The Bertz CT molecular complexity index is 392. The van der Waals surface area contributed by atoms with Gasteiger partial charge in [0.1, 0.15) is 0 Å². The molecule has 1 aromatic rings. The number of ether oxygens (including phenoxy) is 1. The van der Waals surface area contributed by atoms with Crippen molar-refractivity contribution < 1.29 is 4.74 Å². The molecule has 1 heterocycles. The van der Waals surface area contributed by atoms with Crippen LogP contribution in [0.2, 0.25) is 0 Å². The van der Waals surface area contributed by atoms with Gasteiger partial charge in [-0.15, -0.1) is 0 Å². The van der Waals surface area contributed by atoms with Crippen molar-refractivity contribution in [1.29, 1.82) is 0 Å². The minimum absolute atomic E-state index is 0.324. The van der Waals surface area contributed by atoms with E-state index < -0.39 is 0 Å². The third kappa shape index (κ3) is 4.22. The van der Waals surface area contributed by atoms with Crippen LogP contribution in [0.3, 0.4) is 0 Å². The number of hydrogen-bond acceptors (Lipinski definition) is 3. The lowest BCUT2D eigenvalue weighted by molar-refractivity contribution is 0.0531. The Morgan fingerprint density at radius 3 is 2.89 bits per heavy atom. The van der Waals surface area contributed by atoms with Gasteiger partial charge < -0.3 is 15.0 Å². The van der Waals surface area contributed by atoms with Crippen LogP contribution in [-0.4, -0.2) is 32.3 Å². The van der Waals surface area contributed by atoms with Gasteiger partial charge in [-0.1, -0.05) is 32.0 Å². The highest BCUT2D eigenvalue weighted by Crippen LogP contribution is 2.22. The molecule has 1 atom stereocenters. The van der Waals surface area contributed by atoms with Gasteiger partial charge in [0.15, 0.2) is 0 Å². The minimum atomic E-state index is 0.324. The van der Waals surface area contributed by atoms with Crippen LogP contribution >= 0.6 is 0 Å². The van der Waals surface area contributed by atoms with Crippen molar-refractivity contribution >= 4 is 5.69 Å². The van der Waals surface area contributed by atoms with E-state index in [-0.39, 0.29) is 0 Å². The molecule has 0 spiro atoms. The van der Waals surface area contributed by atoms with Crippen molar-refractivity contribution in [3.63, 3.8) is 0 Å². The maximum Gasteiger partial charge on any atom is 0.0722 e. The largest absolute Gasteiger partial charge is 0.375 e. The Kier molecular flexibility index (Phi) is 5.23. The molecule has 1 unspecified atom stereocenters. The number of anilines is 1. The Labute approximate surface area is 116 Å². The first-order valence-electron chi connectivity index (χ1n) is 7.32. The van der Waals surface area contributed by atoms with Crippen LogP contribution in [0.1, 0.15) is 26.3 Å². The number of rotatable bonds is 5. The van der Waals surface area contributed by atoms with Crippen LogP contribution in [0.15, 0.2) is 24.3 Å². The fourth-order valence-electron chi connectivity index (χ4n) is 2.50. The lowest BCUT2D eigenvalue weighted by Gasteiger charge is -2.34. The first kappa shape index (κ1) is 14.4. The molecule has 106 valence electrons. The van der Waals surface area contributed by atoms with Gasteiger partial charge >= 0.3 is 0 Å². The smallest absolute Gasteiger partial charge is 0.0722 e. The fourth-order valence-corrected chi connectivity index (χ4v) is 2.50. The van der Waals surface area contributed by atoms with Gasteiger partial charge in [-0.25, -0.2) is 0 Å². The van der Waals surface area contributed by atoms with Crippen LogP contribution in [0.4, 0.5) is 5.69 Å². The van der Waals surface area contributed by atoms with Crippen LogP contribution in [-0.2, 0) is 11.3 Å². The quantitative estimate of drug-likeness (QED) is 0.883. The summed E-state index contributed by atoms with van der Waals surface area (Å²) in [6.45, 7) is 11.4. The molecule has 1 fully saturated rings. The fraction of sp³-hybridized carbons (Fsp3) is 0.625. The molecule has 3 heteroatoms. The SMILES string of the molecule is CC(C)CNCc1ccccc1N1CCOC(C)C1. The average Bonchev–Trinajstić information content (AvgIpc) is 2.39. The number of para-hydroxylation sites is 1. The van der Waals surface area contributed by atoms with Crippen LogP contribution < -0.4 is 10.2 Å². The molecule has 1 aromatic carbocycles. The number of hydrogen-bond donors (Lipinski definition) is 1. The average molecular weight is 262 g/mol. The molecule has 1 saturated heterocycles. The molecule has 0 bridgehead atoms. The number of nitrogens with one attached hydrogen (secondary N) is 1. The van der Waals surface area contributed by atoms with E-state index in [2.05, 4.69) is 55.3 Å². The molecule has 0 saturated carbocycles. The second kappa shape index (κ2) is 6.92. The molecular formula is C16H26N2O. The highest BCUT2D eigenvalue weighted by molar-refractivity contribution is 5.54. The summed E-state index contributed by atoms with van der Waals surface area (Å²) in [6, 6.07) is 8.70. The Balaban J connectivity index is 2.02. The predicted octanol–water partition coefficient (Wildman–Crippen LogP) is 2.66. The zero-order valence-corrected chi connectivity index (χ0v) is 12.4. The molecule has 1 N–H and O–H groups in total. The normalized spacial score (nSPS) is 20.0. The Morgan fingerprint density at radius 1 is 1.37 bits per heavy atom. The standard InChI is InChI=1S/C16H26N2O/c1-13(2)10-17-11-15-6-4-5-7-16(15)18-8-9-19-14(3)12-18/h4-7,13-14,17H,8-12H2,1-3H3. The summed E-state index contributed by atoms with van der Waals surface area (Å²) in [5.74, 6) is 0.690. The molecule has 1 aliphatic rings. The van der Waals surface area contributed by atoms with Gasteiger partial charge in [-0.05, 0) is 31.0 Å². The highest BCUT2D eigenvalue weighted by Gasteiger charge is 2.18. The van der Waals surface area contributed by atoms with E-state index in [0.717, 1.165) is 32.8 Å². The Morgan fingerprint density at radius 2 is 2.16 bits per heavy atom. The summed E-state index contributed by atoms with van der Waals surface area (Å²) in [6.07, 6.45) is 0.324. The zero-order chi connectivity index (χ0) is 13.7. The summed E-state index contributed by atoms with van der Waals surface area (Å²) in [5.41, 5.74) is 2.74. The van der Waals surface area contributed by atoms with Gasteiger partial charge in [0.2, 0.25) is 0 Å². The molecule has 0 aromatic heterocycles. The molecule has 19 heavy (non-hydrogen) atoms. The van der Waals surface area contributed by atoms with Crippen molar-refractivity contribution in [3.05, 3.63) is 29.8 Å². The van der Waals surface area contributed by atoms with Crippen LogP contribution in [0.5, 0.6) is 0 Å². The Hall–Kier alpha value is -1.06. The number of benzene rings is 1. The lowest BCUT2D eigenvalue weighted by Crippen LogP contribution is -2.41. The van der Waals surface area contributed by atoms with E-state index in [1.54, 1.807) is 0 Å². The van der Waals surface area contributed by atoms with Crippen molar-refractivity contribution in [3.8, 4) is 0 Å². The van der Waals surface area contributed by atoms with E-state index in [1.807, 2.05) is 0 Å². The first-order chi connectivity index (χ1) is 9.16.